The first kappa shape index (κ1) is 34.0. The smallest absolute Gasteiger partial charge is 0.253 e. The molecule has 2 amide bonds. The summed E-state index contributed by atoms with van der Waals surface area (Å²) in [6.45, 7) is 0.207. The number of para-hydroxylation sites is 2. The number of amides is 2. The Morgan fingerprint density at radius 3 is 1.88 bits per heavy atom. The van der Waals surface area contributed by atoms with Crippen molar-refractivity contribution in [1.29, 1.82) is 0 Å². The van der Waals surface area contributed by atoms with Crippen molar-refractivity contribution in [2.75, 3.05) is 43.5 Å². The summed E-state index contributed by atoms with van der Waals surface area (Å²) in [5, 5.41) is 12.0. The van der Waals surface area contributed by atoms with Gasteiger partial charge >= 0.3 is 0 Å². The van der Waals surface area contributed by atoms with Gasteiger partial charge in [-0.1, -0.05) is 47.5 Å². The Hall–Kier alpha value is -5.37. The number of carbonyl (C=O) groups excluding carboxylic acids is 2. The third-order valence-corrected chi connectivity index (χ3v) is 7.53. The third-order valence-electron chi connectivity index (χ3n) is 6.79. The molecule has 0 unspecified atom stereocenters. The summed E-state index contributed by atoms with van der Waals surface area (Å²) in [4.78, 5) is 42.2. The molecule has 16 heteroatoms. The predicted molar refractivity (Wildman–Crippen MR) is 186 cm³/mol. The van der Waals surface area contributed by atoms with Gasteiger partial charge in [0.2, 0.25) is 18.0 Å². The lowest BCUT2D eigenvalue weighted by molar-refractivity contribution is 0.0956. The summed E-state index contributed by atoms with van der Waals surface area (Å²) in [7, 11) is 4.98. The number of benzene rings is 3. The number of halogens is 3. The fourth-order valence-electron chi connectivity index (χ4n) is 4.35. The van der Waals surface area contributed by atoms with Gasteiger partial charge in [0.05, 0.1) is 34.9 Å². The van der Waals surface area contributed by atoms with Crippen LogP contribution in [0.25, 0.3) is 0 Å². The highest BCUT2D eigenvalue weighted by Crippen LogP contribution is 2.37. The lowest BCUT2D eigenvalue weighted by Gasteiger charge is -2.19. The highest BCUT2D eigenvalue weighted by Gasteiger charge is 2.18. The second kappa shape index (κ2) is 15.5. The molecule has 0 bridgehead atoms. The molecule has 1 aliphatic heterocycles. The number of nitrogens with zero attached hydrogens (tertiary/aromatic N) is 5. The topological polar surface area (TPSA) is 156 Å². The Balaban J connectivity index is 0.000000206. The lowest BCUT2D eigenvalue weighted by Crippen LogP contribution is -2.19. The Morgan fingerprint density at radius 1 is 0.729 bits per heavy atom. The molecule has 0 radical (unpaired) electrons. The molecule has 5 aromatic rings. The van der Waals surface area contributed by atoms with Gasteiger partial charge in [-0.15, -0.1) is 0 Å². The molecule has 0 aliphatic carbocycles. The number of aromatic nitrogens is 4. The van der Waals surface area contributed by atoms with Gasteiger partial charge in [0, 0.05) is 32.9 Å². The molecule has 3 heterocycles. The van der Waals surface area contributed by atoms with E-state index < -0.39 is 0 Å². The number of nitrogens with one attached hydrogen (secondary N) is 4. The molecule has 13 nitrogen and oxygen atoms in total. The van der Waals surface area contributed by atoms with E-state index in [1.165, 1.54) is 12.4 Å². The summed E-state index contributed by atoms with van der Waals surface area (Å²) in [5.41, 5.74) is 2.96. The number of hydrogen-bond acceptors (Lipinski definition) is 11. The minimum Gasteiger partial charge on any atom is -0.454 e. The fourth-order valence-corrected chi connectivity index (χ4v) is 4.76. The van der Waals surface area contributed by atoms with E-state index in [9.17, 15) is 9.59 Å². The van der Waals surface area contributed by atoms with Gasteiger partial charge in [0.1, 0.15) is 10.0 Å². The molecule has 1 aliphatic rings. The summed E-state index contributed by atoms with van der Waals surface area (Å²) in [5.74, 6) is 2.11. The second-order valence-electron chi connectivity index (χ2n) is 9.80. The van der Waals surface area contributed by atoms with Crippen molar-refractivity contribution in [3.8, 4) is 11.5 Å². The van der Waals surface area contributed by atoms with Crippen molar-refractivity contribution in [2.24, 2.45) is 0 Å². The largest absolute Gasteiger partial charge is 0.454 e. The van der Waals surface area contributed by atoms with Gasteiger partial charge < -0.3 is 35.6 Å². The van der Waals surface area contributed by atoms with E-state index in [-0.39, 0.29) is 23.9 Å². The van der Waals surface area contributed by atoms with Crippen LogP contribution >= 0.6 is 34.8 Å². The van der Waals surface area contributed by atoms with Gasteiger partial charge in [-0.05, 0) is 48.0 Å². The van der Waals surface area contributed by atoms with E-state index in [0.717, 1.165) is 5.69 Å². The Labute approximate surface area is 290 Å². The molecule has 0 atom stereocenters. The van der Waals surface area contributed by atoms with Gasteiger partial charge in [0.25, 0.3) is 11.8 Å². The van der Waals surface area contributed by atoms with Crippen LogP contribution in [-0.2, 0) is 0 Å². The maximum absolute atomic E-state index is 12.1. The molecule has 2 aromatic heterocycles. The van der Waals surface area contributed by atoms with Crippen molar-refractivity contribution in [1.82, 2.24) is 30.6 Å². The molecule has 6 rings (SSSR count). The monoisotopic (exact) mass is 707 g/mol. The number of rotatable bonds is 8. The first-order chi connectivity index (χ1) is 23.2. The normalized spacial score (nSPS) is 11.1. The average molecular weight is 709 g/mol. The van der Waals surface area contributed by atoms with Gasteiger partial charge in [-0.25, -0.2) is 9.97 Å². The maximum Gasteiger partial charge on any atom is 0.253 e. The van der Waals surface area contributed by atoms with Crippen LogP contribution < -0.4 is 35.6 Å². The summed E-state index contributed by atoms with van der Waals surface area (Å²) in [6, 6.07) is 19.7. The Morgan fingerprint density at radius 2 is 1.27 bits per heavy atom. The molecular weight excluding hydrogens is 681 g/mol. The highest BCUT2D eigenvalue weighted by molar-refractivity contribution is 6.34. The van der Waals surface area contributed by atoms with E-state index >= 15 is 0 Å². The number of fused-ring (bicyclic) bond motifs is 1. The lowest BCUT2D eigenvalue weighted by atomic mass is 10.1. The minimum absolute atomic E-state index is 0.0734. The molecule has 4 N–H and O–H groups in total. The number of anilines is 6. The van der Waals surface area contributed by atoms with Crippen molar-refractivity contribution < 1.29 is 19.1 Å². The average Bonchev–Trinajstić information content (AvgIpc) is 3.59. The van der Waals surface area contributed by atoms with Crippen LogP contribution in [0.15, 0.2) is 79.1 Å². The van der Waals surface area contributed by atoms with E-state index in [2.05, 4.69) is 41.2 Å². The zero-order valence-corrected chi connectivity index (χ0v) is 28.0. The summed E-state index contributed by atoms with van der Waals surface area (Å²) < 4.78 is 10.8. The van der Waals surface area contributed by atoms with Gasteiger partial charge in [-0.3, -0.25) is 9.59 Å². The number of ether oxygens (including phenoxy) is 2. The Bertz CT molecular complexity index is 1960. The standard InChI is InChI=1S/C20H18ClN5O3.C12H10Cl2N4O/c1-22-19(27)13-5-3-4-6-15(13)24-18-14(21)10-23-20(25-18)26(2)12-7-8-16-17(9-12)29-11-28-16;1-15-11(19)7-4-2-3-5-9(7)17-10-8(13)6-16-12(14)18-10/h3-10H,11H2,1-2H3,(H,22,27)(H,23,24,25);2-6H,1H3,(H,15,19)(H,16,17,18). The predicted octanol–water partition coefficient (Wildman–Crippen LogP) is 6.62. The van der Waals surface area contributed by atoms with Crippen LogP contribution in [0.2, 0.25) is 15.3 Å². The molecule has 0 saturated carbocycles. The molecule has 0 fully saturated rings. The van der Waals surface area contributed by atoms with Crippen molar-refractivity contribution in [3.05, 3.63) is 106 Å². The zero-order valence-electron chi connectivity index (χ0n) is 25.7. The number of hydrogen-bond donors (Lipinski definition) is 4. The first-order valence-electron chi connectivity index (χ1n) is 14.2. The van der Waals surface area contributed by atoms with E-state index in [0.29, 0.717) is 61.6 Å². The fraction of sp³-hybridized carbons (Fsp3) is 0.125. The van der Waals surface area contributed by atoms with Crippen LogP contribution in [0.3, 0.4) is 0 Å². The number of carbonyl (C=O) groups is 2. The molecule has 246 valence electrons. The van der Waals surface area contributed by atoms with E-state index in [1.807, 2.05) is 31.3 Å². The van der Waals surface area contributed by atoms with Crippen LogP contribution in [0.1, 0.15) is 20.7 Å². The van der Waals surface area contributed by atoms with Crippen LogP contribution in [0.4, 0.5) is 34.6 Å². The highest BCUT2D eigenvalue weighted by atomic mass is 35.5. The third kappa shape index (κ3) is 7.94. The minimum atomic E-state index is -0.212. The van der Waals surface area contributed by atoms with E-state index in [1.54, 1.807) is 61.5 Å². The van der Waals surface area contributed by atoms with Crippen LogP contribution in [-0.4, -0.2) is 59.7 Å². The van der Waals surface area contributed by atoms with Crippen molar-refractivity contribution >= 4 is 81.3 Å². The molecule has 48 heavy (non-hydrogen) atoms. The Kier molecular flexibility index (Phi) is 11.0. The first-order valence-corrected chi connectivity index (χ1v) is 15.3. The molecule has 0 saturated heterocycles. The van der Waals surface area contributed by atoms with Crippen LogP contribution in [0.5, 0.6) is 11.5 Å². The van der Waals surface area contributed by atoms with Gasteiger partial charge in [-0.2, -0.15) is 9.97 Å². The molecule has 0 spiro atoms. The van der Waals surface area contributed by atoms with E-state index in [4.69, 9.17) is 44.3 Å². The van der Waals surface area contributed by atoms with Gasteiger partial charge in [0.15, 0.2) is 23.1 Å². The zero-order chi connectivity index (χ0) is 34.2. The summed E-state index contributed by atoms with van der Waals surface area (Å²) >= 11 is 18.0. The second-order valence-corrected chi connectivity index (χ2v) is 11.0. The van der Waals surface area contributed by atoms with Crippen molar-refractivity contribution in [3.63, 3.8) is 0 Å². The maximum atomic E-state index is 12.1. The SMILES string of the molecule is CNC(=O)c1ccccc1Nc1nc(Cl)ncc1Cl.CNC(=O)c1ccccc1Nc1nc(N(C)c2ccc3c(c2)OCO3)ncc1Cl. The molecule has 3 aromatic carbocycles. The molecular formula is C32H28Cl3N9O4. The summed E-state index contributed by atoms with van der Waals surface area (Å²) in [6.07, 6.45) is 2.90. The van der Waals surface area contributed by atoms with Crippen molar-refractivity contribution in [2.45, 2.75) is 0 Å². The van der Waals surface area contributed by atoms with Crippen LogP contribution in [0, 0.1) is 0 Å². The quantitative estimate of drug-likeness (QED) is 0.129.